The lowest BCUT2D eigenvalue weighted by molar-refractivity contribution is 0.0468. The Morgan fingerprint density at radius 1 is 1.10 bits per heavy atom. The molecule has 0 spiro atoms. The molecule has 6 nitrogen and oxygen atoms in total. The Hall–Kier alpha value is -1.06. The van der Waals surface area contributed by atoms with Crippen molar-refractivity contribution in [3.63, 3.8) is 0 Å². The molecule has 1 saturated heterocycles. The Kier molecular flexibility index (Phi) is 12.5. The molecule has 0 radical (unpaired) electrons. The van der Waals surface area contributed by atoms with Gasteiger partial charge >= 0.3 is 0 Å². The third-order valence-corrected chi connectivity index (χ3v) is 5.65. The van der Waals surface area contributed by atoms with Crippen LogP contribution in [0.25, 0.3) is 0 Å². The SMILES string of the molecule is CCNC(=NCc1ccccc1N1CCOCC1)NCCOC1CCCCCC1.I. The highest BCUT2D eigenvalue weighted by atomic mass is 127. The number of morpholine rings is 1. The fourth-order valence-electron chi connectivity index (χ4n) is 4.07. The van der Waals surface area contributed by atoms with E-state index in [9.17, 15) is 0 Å². The standard InChI is InChI=1S/C23H38N4O2.HI/c1-2-24-23(25-13-16-29-21-10-5-3-4-6-11-21)26-19-20-9-7-8-12-22(20)27-14-17-28-18-15-27;/h7-9,12,21H,2-6,10-11,13-19H2,1H3,(H2,24,25,26);1H. The molecule has 0 amide bonds. The molecule has 1 aliphatic heterocycles. The number of halogens is 1. The van der Waals surface area contributed by atoms with Crippen molar-refractivity contribution in [1.82, 2.24) is 10.6 Å². The summed E-state index contributed by atoms with van der Waals surface area (Å²) in [6, 6.07) is 8.56. The third kappa shape index (κ3) is 8.59. The van der Waals surface area contributed by atoms with Gasteiger partial charge in [0.05, 0.1) is 32.5 Å². The number of aliphatic imine (C=N–C) groups is 1. The lowest BCUT2D eigenvalue weighted by Gasteiger charge is -2.30. The van der Waals surface area contributed by atoms with E-state index in [2.05, 4.69) is 46.7 Å². The van der Waals surface area contributed by atoms with Crippen molar-refractivity contribution in [2.75, 3.05) is 50.9 Å². The van der Waals surface area contributed by atoms with Gasteiger partial charge in [-0.3, -0.25) is 0 Å². The second-order valence-electron chi connectivity index (χ2n) is 7.83. The molecule has 0 aromatic heterocycles. The van der Waals surface area contributed by atoms with Crippen LogP contribution in [0, 0.1) is 0 Å². The van der Waals surface area contributed by atoms with Crippen LogP contribution in [0.5, 0.6) is 0 Å². The number of nitrogens with zero attached hydrogens (tertiary/aromatic N) is 2. The smallest absolute Gasteiger partial charge is 0.191 e. The summed E-state index contributed by atoms with van der Waals surface area (Å²) in [5.74, 6) is 0.855. The first-order valence-electron chi connectivity index (χ1n) is 11.4. The molecular weight excluding hydrogens is 491 g/mol. The number of hydrogen-bond donors (Lipinski definition) is 2. The zero-order chi connectivity index (χ0) is 20.2. The van der Waals surface area contributed by atoms with Crippen LogP contribution in [-0.4, -0.2) is 58.1 Å². The number of benzene rings is 1. The number of ether oxygens (including phenoxy) is 2. The summed E-state index contributed by atoms with van der Waals surface area (Å²) in [6.45, 7) is 8.60. The Labute approximate surface area is 199 Å². The third-order valence-electron chi connectivity index (χ3n) is 5.65. The van der Waals surface area contributed by atoms with Gasteiger partial charge in [0.2, 0.25) is 0 Å². The average molecular weight is 530 g/mol. The van der Waals surface area contributed by atoms with E-state index in [-0.39, 0.29) is 24.0 Å². The summed E-state index contributed by atoms with van der Waals surface area (Å²) in [4.78, 5) is 7.22. The Balaban J connectivity index is 0.00000320. The van der Waals surface area contributed by atoms with Crippen molar-refractivity contribution in [3.8, 4) is 0 Å². The van der Waals surface area contributed by atoms with Crippen LogP contribution in [0.15, 0.2) is 29.3 Å². The Morgan fingerprint density at radius 3 is 2.57 bits per heavy atom. The van der Waals surface area contributed by atoms with E-state index in [4.69, 9.17) is 14.5 Å². The molecule has 1 heterocycles. The van der Waals surface area contributed by atoms with Gasteiger partial charge in [-0.05, 0) is 31.4 Å². The van der Waals surface area contributed by atoms with Crippen LogP contribution < -0.4 is 15.5 Å². The van der Waals surface area contributed by atoms with Crippen molar-refractivity contribution < 1.29 is 9.47 Å². The molecule has 0 bridgehead atoms. The van der Waals surface area contributed by atoms with Crippen LogP contribution in [-0.2, 0) is 16.0 Å². The van der Waals surface area contributed by atoms with Gasteiger partial charge in [0, 0.05) is 31.9 Å². The zero-order valence-corrected chi connectivity index (χ0v) is 20.7. The van der Waals surface area contributed by atoms with Gasteiger partial charge in [-0.1, -0.05) is 43.9 Å². The highest BCUT2D eigenvalue weighted by Gasteiger charge is 2.14. The second kappa shape index (κ2) is 14.9. The summed E-state index contributed by atoms with van der Waals surface area (Å²) >= 11 is 0. The second-order valence-corrected chi connectivity index (χ2v) is 7.83. The molecule has 1 aromatic carbocycles. The van der Waals surface area contributed by atoms with Crippen molar-refractivity contribution in [2.24, 2.45) is 4.99 Å². The van der Waals surface area contributed by atoms with Gasteiger partial charge in [-0.25, -0.2) is 4.99 Å². The topological polar surface area (TPSA) is 58.1 Å². The van der Waals surface area contributed by atoms with Gasteiger partial charge in [0.15, 0.2) is 5.96 Å². The first-order valence-corrected chi connectivity index (χ1v) is 11.4. The first-order chi connectivity index (χ1) is 14.4. The van der Waals surface area contributed by atoms with E-state index in [0.717, 1.165) is 52.0 Å². The van der Waals surface area contributed by atoms with E-state index in [1.807, 2.05) is 0 Å². The number of hydrogen-bond acceptors (Lipinski definition) is 4. The van der Waals surface area contributed by atoms with Gasteiger partial charge in [-0.15, -0.1) is 24.0 Å². The van der Waals surface area contributed by atoms with Crippen molar-refractivity contribution >= 4 is 35.6 Å². The van der Waals surface area contributed by atoms with Crippen LogP contribution in [0.2, 0.25) is 0 Å². The molecule has 2 aliphatic rings. The summed E-state index contributed by atoms with van der Waals surface area (Å²) in [6.07, 6.45) is 8.22. The molecule has 2 N–H and O–H groups in total. The summed E-state index contributed by atoms with van der Waals surface area (Å²) in [5, 5.41) is 6.78. The van der Waals surface area contributed by atoms with E-state index in [1.165, 1.54) is 49.8 Å². The molecule has 7 heteroatoms. The van der Waals surface area contributed by atoms with Gasteiger partial charge in [0.1, 0.15) is 0 Å². The number of nitrogens with one attached hydrogen (secondary N) is 2. The van der Waals surface area contributed by atoms with Crippen molar-refractivity contribution in [3.05, 3.63) is 29.8 Å². The van der Waals surface area contributed by atoms with Gasteiger partial charge in [0.25, 0.3) is 0 Å². The monoisotopic (exact) mass is 530 g/mol. The van der Waals surface area contributed by atoms with Gasteiger partial charge < -0.3 is 25.0 Å². The predicted octanol–water partition coefficient (Wildman–Crippen LogP) is 3.94. The highest BCUT2D eigenvalue weighted by molar-refractivity contribution is 14.0. The van der Waals surface area contributed by atoms with Crippen LogP contribution in [0.4, 0.5) is 5.69 Å². The summed E-state index contributed by atoms with van der Waals surface area (Å²) in [5.41, 5.74) is 2.52. The molecule has 170 valence electrons. The maximum absolute atomic E-state index is 6.09. The number of para-hydroxylation sites is 1. The predicted molar refractivity (Wildman–Crippen MR) is 135 cm³/mol. The molecule has 3 rings (SSSR count). The van der Waals surface area contributed by atoms with Crippen molar-refractivity contribution in [2.45, 2.75) is 58.1 Å². The van der Waals surface area contributed by atoms with Crippen LogP contribution in [0.3, 0.4) is 0 Å². The maximum atomic E-state index is 6.09. The minimum atomic E-state index is 0. The Bertz CT molecular complexity index is 615. The lowest BCUT2D eigenvalue weighted by atomic mass is 10.1. The lowest BCUT2D eigenvalue weighted by Crippen LogP contribution is -2.39. The number of rotatable bonds is 8. The summed E-state index contributed by atoms with van der Waals surface area (Å²) in [7, 11) is 0. The van der Waals surface area contributed by atoms with Crippen molar-refractivity contribution in [1.29, 1.82) is 0 Å². The fraction of sp³-hybridized carbons (Fsp3) is 0.696. The molecule has 2 fully saturated rings. The van der Waals surface area contributed by atoms with E-state index >= 15 is 0 Å². The largest absolute Gasteiger partial charge is 0.378 e. The fourth-order valence-corrected chi connectivity index (χ4v) is 4.07. The molecule has 1 aromatic rings. The molecular formula is C23H39IN4O2. The molecule has 1 saturated carbocycles. The average Bonchev–Trinajstić information content (AvgIpc) is 3.04. The number of guanidine groups is 1. The zero-order valence-electron chi connectivity index (χ0n) is 18.4. The maximum Gasteiger partial charge on any atom is 0.191 e. The minimum absolute atomic E-state index is 0. The summed E-state index contributed by atoms with van der Waals surface area (Å²) < 4.78 is 11.6. The normalized spacial score (nSPS) is 18.4. The highest BCUT2D eigenvalue weighted by Crippen LogP contribution is 2.22. The van der Waals surface area contributed by atoms with Crippen LogP contribution >= 0.6 is 24.0 Å². The molecule has 1 aliphatic carbocycles. The van der Waals surface area contributed by atoms with Crippen LogP contribution in [0.1, 0.15) is 51.0 Å². The van der Waals surface area contributed by atoms with E-state index in [0.29, 0.717) is 12.6 Å². The van der Waals surface area contributed by atoms with E-state index in [1.54, 1.807) is 0 Å². The Morgan fingerprint density at radius 2 is 1.83 bits per heavy atom. The minimum Gasteiger partial charge on any atom is -0.378 e. The number of anilines is 1. The van der Waals surface area contributed by atoms with Gasteiger partial charge in [-0.2, -0.15) is 0 Å². The molecule has 0 unspecified atom stereocenters. The first kappa shape index (κ1) is 25.2. The molecule has 0 atom stereocenters. The molecule has 30 heavy (non-hydrogen) atoms. The van der Waals surface area contributed by atoms with E-state index < -0.39 is 0 Å². The quantitative estimate of drug-likeness (QED) is 0.175.